The highest BCUT2D eigenvalue weighted by atomic mass is 127. The summed E-state index contributed by atoms with van der Waals surface area (Å²) in [5.41, 5.74) is 1.01. The van der Waals surface area contributed by atoms with E-state index in [-0.39, 0.29) is 40.2 Å². The number of thiocarbonyl (C=S) groups is 1. The van der Waals surface area contributed by atoms with Crippen LogP contribution in [0.3, 0.4) is 0 Å². The van der Waals surface area contributed by atoms with E-state index in [1.807, 2.05) is 28.7 Å². The first-order valence-electron chi connectivity index (χ1n) is 11.3. The van der Waals surface area contributed by atoms with Crippen molar-refractivity contribution in [1.29, 1.82) is 0 Å². The van der Waals surface area contributed by atoms with Crippen LogP contribution in [0.2, 0.25) is 0 Å². The van der Waals surface area contributed by atoms with Gasteiger partial charge in [0.05, 0.1) is 21.9 Å². The number of carboxylic acids is 1. The molecule has 0 saturated carbocycles. The summed E-state index contributed by atoms with van der Waals surface area (Å²) in [5.74, 6) is -2.37. The highest BCUT2D eigenvalue weighted by Crippen LogP contribution is 2.35. The first-order chi connectivity index (χ1) is 18.7. The van der Waals surface area contributed by atoms with Crippen molar-refractivity contribution >= 4 is 81.1 Å². The van der Waals surface area contributed by atoms with Crippen molar-refractivity contribution < 1.29 is 33.8 Å². The summed E-state index contributed by atoms with van der Waals surface area (Å²) >= 11 is 7.18. The molecule has 12 heteroatoms. The number of carbonyl (C=O) groups excluding carboxylic acids is 3. The van der Waals surface area contributed by atoms with Gasteiger partial charge in [0, 0.05) is 5.69 Å². The number of hydrogen-bond acceptors (Lipinski definition) is 7. The molecule has 1 fully saturated rings. The van der Waals surface area contributed by atoms with Crippen molar-refractivity contribution in [3.8, 4) is 11.5 Å². The lowest BCUT2D eigenvalue weighted by atomic mass is 10.1. The van der Waals surface area contributed by atoms with Gasteiger partial charge in [-0.15, -0.1) is 0 Å². The van der Waals surface area contributed by atoms with Gasteiger partial charge in [0.15, 0.2) is 23.2 Å². The Bertz CT molecular complexity index is 1530. The van der Waals surface area contributed by atoms with Crippen LogP contribution in [-0.2, 0) is 14.4 Å². The Morgan fingerprint density at radius 1 is 1.10 bits per heavy atom. The predicted molar refractivity (Wildman–Crippen MR) is 156 cm³/mol. The van der Waals surface area contributed by atoms with Crippen LogP contribution in [0.5, 0.6) is 11.5 Å². The molecule has 0 radical (unpaired) electrons. The highest BCUT2D eigenvalue weighted by Gasteiger charge is 2.35. The van der Waals surface area contributed by atoms with Gasteiger partial charge in [0.1, 0.15) is 5.57 Å². The third-order valence-electron chi connectivity index (χ3n) is 5.42. The molecule has 3 N–H and O–H groups in total. The van der Waals surface area contributed by atoms with Crippen molar-refractivity contribution in [3.05, 3.63) is 87.0 Å². The molecule has 10 nitrogen and oxygen atoms in total. The molecule has 1 aliphatic rings. The van der Waals surface area contributed by atoms with E-state index < -0.39 is 17.8 Å². The maximum Gasteiger partial charge on any atom is 0.335 e. The lowest BCUT2D eigenvalue weighted by Gasteiger charge is -2.29. The van der Waals surface area contributed by atoms with Crippen LogP contribution in [0.1, 0.15) is 15.9 Å². The molecule has 3 aromatic rings. The van der Waals surface area contributed by atoms with E-state index in [9.17, 15) is 24.3 Å². The lowest BCUT2D eigenvalue weighted by molar-refractivity contribution is -0.122. The number of methoxy groups -OCH3 is 1. The van der Waals surface area contributed by atoms with Crippen LogP contribution in [0.4, 0.5) is 11.4 Å². The maximum atomic E-state index is 13.3. The summed E-state index contributed by atoms with van der Waals surface area (Å²) in [6, 6.07) is 17.8. The molecule has 198 valence electrons. The van der Waals surface area contributed by atoms with E-state index in [4.69, 9.17) is 21.7 Å². The fourth-order valence-electron chi connectivity index (χ4n) is 3.66. The van der Waals surface area contributed by atoms with Gasteiger partial charge in [-0.05, 0) is 88.9 Å². The number of benzene rings is 3. The Balaban J connectivity index is 1.58. The first-order valence-corrected chi connectivity index (χ1v) is 12.8. The van der Waals surface area contributed by atoms with Crippen LogP contribution >= 0.6 is 34.8 Å². The number of rotatable bonds is 8. The summed E-state index contributed by atoms with van der Waals surface area (Å²) in [6.07, 6.45) is 1.37. The molecule has 1 aliphatic heterocycles. The van der Waals surface area contributed by atoms with Crippen molar-refractivity contribution in [2.45, 2.75) is 0 Å². The summed E-state index contributed by atoms with van der Waals surface area (Å²) in [4.78, 5) is 50.8. The molecule has 3 amide bonds. The van der Waals surface area contributed by atoms with Crippen LogP contribution < -0.4 is 25.0 Å². The quantitative estimate of drug-likeness (QED) is 0.144. The van der Waals surface area contributed by atoms with Gasteiger partial charge in [0.25, 0.3) is 17.7 Å². The molecule has 0 atom stereocenters. The minimum Gasteiger partial charge on any atom is -0.493 e. The zero-order valence-corrected chi connectivity index (χ0v) is 23.2. The van der Waals surface area contributed by atoms with Gasteiger partial charge in [0.2, 0.25) is 0 Å². The van der Waals surface area contributed by atoms with E-state index in [2.05, 4.69) is 10.6 Å². The van der Waals surface area contributed by atoms with Crippen molar-refractivity contribution in [2.75, 3.05) is 23.9 Å². The van der Waals surface area contributed by atoms with E-state index in [0.29, 0.717) is 20.6 Å². The third-order valence-corrected chi connectivity index (χ3v) is 6.51. The number of para-hydroxylation sites is 1. The zero-order valence-electron chi connectivity index (χ0n) is 20.3. The van der Waals surface area contributed by atoms with Crippen molar-refractivity contribution in [2.24, 2.45) is 0 Å². The number of carbonyl (C=O) groups is 4. The van der Waals surface area contributed by atoms with E-state index in [1.165, 1.54) is 37.5 Å². The summed E-state index contributed by atoms with van der Waals surface area (Å²) in [6.45, 7) is -0.273. The zero-order chi connectivity index (χ0) is 28.1. The molecule has 3 aromatic carbocycles. The number of ether oxygens (including phenoxy) is 2. The Kier molecular flexibility index (Phi) is 8.56. The average Bonchev–Trinajstić information content (AvgIpc) is 2.90. The fraction of sp³-hybridized carbons (Fsp3) is 0.0741. The van der Waals surface area contributed by atoms with Crippen LogP contribution in [0.15, 0.2) is 72.3 Å². The third kappa shape index (κ3) is 6.41. The number of halogens is 1. The number of anilines is 2. The van der Waals surface area contributed by atoms with Gasteiger partial charge in [-0.1, -0.05) is 24.3 Å². The smallest absolute Gasteiger partial charge is 0.335 e. The number of amides is 3. The topological polar surface area (TPSA) is 134 Å². The standard InChI is InChI=1S/C27H20IN3O7S/c1-37-21-12-15(11-20(28)23(21)38-14-22(32)29-17-7-3-2-4-8-17)10-19-24(33)30-27(39)31(25(19)34)18-9-5-6-16(13-18)26(35)36/h2-13H,14H2,1H3,(H,29,32)(H,35,36)(H,30,33,39). The monoisotopic (exact) mass is 657 g/mol. The van der Waals surface area contributed by atoms with Gasteiger partial charge in [-0.2, -0.15) is 0 Å². The molecule has 0 aromatic heterocycles. The first kappa shape index (κ1) is 27.7. The summed E-state index contributed by atoms with van der Waals surface area (Å²) in [7, 11) is 1.42. The van der Waals surface area contributed by atoms with Gasteiger partial charge in [-0.25, -0.2) is 4.79 Å². The molecule has 0 bridgehead atoms. The minimum absolute atomic E-state index is 0.0436. The van der Waals surface area contributed by atoms with E-state index in [0.717, 1.165) is 4.90 Å². The Morgan fingerprint density at radius 3 is 2.54 bits per heavy atom. The van der Waals surface area contributed by atoms with Crippen molar-refractivity contribution in [1.82, 2.24) is 5.32 Å². The second-order valence-electron chi connectivity index (χ2n) is 8.05. The Hall–Kier alpha value is -4.30. The summed E-state index contributed by atoms with van der Waals surface area (Å²) in [5, 5.41) is 14.3. The summed E-state index contributed by atoms with van der Waals surface area (Å²) < 4.78 is 11.7. The Morgan fingerprint density at radius 2 is 1.85 bits per heavy atom. The predicted octanol–water partition coefficient (Wildman–Crippen LogP) is 3.85. The highest BCUT2D eigenvalue weighted by molar-refractivity contribution is 14.1. The molecule has 1 heterocycles. The van der Waals surface area contributed by atoms with Gasteiger partial charge < -0.3 is 19.9 Å². The van der Waals surface area contributed by atoms with Crippen molar-refractivity contribution in [3.63, 3.8) is 0 Å². The second kappa shape index (κ2) is 12.0. The normalized spacial score (nSPS) is 14.2. The largest absolute Gasteiger partial charge is 0.493 e. The van der Waals surface area contributed by atoms with Gasteiger partial charge in [-0.3, -0.25) is 24.6 Å². The molecule has 4 rings (SSSR count). The fourth-order valence-corrected chi connectivity index (χ4v) is 4.72. The Labute approximate surface area is 241 Å². The van der Waals surface area contributed by atoms with Crippen LogP contribution in [0, 0.1) is 3.57 Å². The maximum absolute atomic E-state index is 13.3. The van der Waals surface area contributed by atoms with Gasteiger partial charge >= 0.3 is 5.97 Å². The molecular weight excluding hydrogens is 637 g/mol. The molecule has 1 saturated heterocycles. The number of aromatic carboxylic acids is 1. The number of nitrogens with zero attached hydrogens (tertiary/aromatic N) is 1. The van der Waals surface area contributed by atoms with Crippen LogP contribution in [0.25, 0.3) is 6.08 Å². The van der Waals surface area contributed by atoms with E-state index in [1.54, 1.807) is 36.4 Å². The molecule has 0 unspecified atom stereocenters. The lowest BCUT2D eigenvalue weighted by Crippen LogP contribution is -2.54. The molecule has 0 aliphatic carbocycles. The van der Waals surface area contributed by atoms with Crippen LogP contribution in [-0.4, -0.2) is 47.6 Å². The minimum atomic E-state index is -1.17. The van der Waals surface area contributed by atoms with E-state index >= 15 is 0 Å². The average molecular weight is 657 g/mol. The molecule has 39 heavy (non-hydrogen) atoms. The SMILES string of the molecule is COc1cc(C=C2C(=O)NC(=S)N(c3cccc(C(=O)O)c3)C2=O)cc(I)c1OCC(=O)Nc1ccccc1. The number of hydrogen-bond donors (Lipinski definition) is 3. The number of nitrogens with one attached hydrogen (secondary N) is 2. The second-order valence-corrected chi connectivity index (χ2v) is 9.60. The number of carboxylic acid groups (broad SMARTS) is 1. The molecule has 0 spiro atoms. The molecular formula is C27H20IN3O7S.